The summed E-state index contributed by atoms with van der Waals surface area (Å²) < 4.78 is 5.19. The van der Waals surface area contributed by atoms with Gasteiger partial charge in [-0.25, -0.2) is 4.98 Å². The van der Waals surface area contributed by atoms with E-state index in [0.29, 0.717) is 6.54 Å². The van der Waals surface area contributed by atoms with Gasteiger partial charge in [0, 0.05) is 28.6 Å². The average Bonchev–Trinajstić information content (AvgIpc) is 3.09. The number of benzene rings is 2. The van der Waals surface area contributed by atoms with Gasteiger partial charge in [-0.3, -0.25) is 0 Å². The molecule has 1 N–H and O–H groups in total. The van der Waals surface area contributed by atoms with E-state index in [1.165, 1.54) is 0 Å². The molecule has 0 saturated carbocycles. The molecule has 0 bridgehead atoms. The normalized spacial score (nSPS) is 12.1. The summed E-state index contributed by atoms with van der Waals surface area (Å²) >= 11 is 7.89. The molecule has 0 aliphatic rings. The number of hydrogen-bond acceptors (Lipinski definition) is 4. The van der Waals surface area contributed by atoms with E-state index in [-0.39, 0.29) is 6.04 Å². The van der Waals surface area contributed by atoms with Crippen molar-refractivity contribution in [3.05, 3.63) is 70.2 Å². The summed E-state index contributed by atoms with van der Waals surface area (Å²) in [7, 11) is 1.67. The highest BCUT2D eigenvalue weighted by atomic mass is 35.5. The third-order valence-electron chi connectivity index (χ3n) is 3.85. The lowest BCUT2D eigenvalue weighted by atomic mass is 10.1. The van der Waals surface area contributed by atoms with E-state index < -0.39 is 0 Å². The molecular formula is C19H19ClN2OS. The summed E-state index contributed by atoms with van der Waals surface area (Å²) in [5.74, 6) is 0.853. The summed E-state index contributed by atoms with van der Waals surface area (Å²) in [6.45, 7) is 2.82. The SMILES string of the molecule is COc1ccc(-c2nc(CN[C@H](C)c3ccccc3Cl)cs2)cc1. The molecule has 1 aromatic heterocycles. The molecule has 24 heavy (non-hydrogen) atoms. The van der Waals surface area contributed by atoms with E-state index in [2.05, 4.69) is 17.6 Å². The van der Waals surface area contributed by atoms with Crippen molar-refractivity contribution in [3.63, 3.8) is 0 Å². The van der Waals surface area contributed by atoms with Crippen LogP contribution in [0, 0.1) is 0 Å². The van der Waals surface area contributed by atoms with Gasteiger partial charge in [0.15, 0.2) is 0 Å². The van der Waals surface area contributed by atoms with E-state index >= 15 is 0 Å². The highest BCUT2D eigenvalue weighted by molar-refractivity contribution is 7.13. The molecule has 2 aromatic carbocycles. The molecule has 1 atom stereocenters. The molecule has 0 radical (unpaired) electrons. The number of rotatable bonds is 6. The summed E-state index contributed by atoms with van der Waals surface area (Å²) in [6, 6.07) is 16.0. The van der Waals surface area contributed by atoms with Crippen molar-refractivity contribution < 1.29 is 4.74 Å². The Morgan fingerprint density at radius 3 is 2.62 bits per heavy atom. The fourth-order valence-electron chi connectivity index (χ4n) is 2.45. The zero-order chi connectivity index (χ0) is 16.9. The third-order valence-corrected chi connectivity index (χ3v) is 5.13. The maximum Gasteiger partial charge on any atom is 0.123 e. The van der Waals surface area contributed by atoms with Crippen molar-refractivity contribution in [2.75, 3.05) is 7.11 Å². The number of thiazole rings is 1. The smallest absolute Gasteiger partial charge is 0.123 e. The lowest BCUT2D eigenvalue weighted by Crippen LogP contribution is -2.18. The van der Waals surface area contributed by atoms with Gasteiger partial charge in [-0.2, -0.15) is 0 Å². The molecule has 3 aromatic rings. The molecule has 3 rings (SSSR count). The standard InChI is InChI=1S/C19H19ClN2OS/c1-13(17-5-3-4-6-18(17)20)21-11-15-12-24-19(22-15)14-7-9-16(23-2)10-8-14/h3-10,12-13,21H,11H2,1-2H3/t13-/m1/s1. The second-order valence-corrected chi connectivity index (χ2v) is 6.76. The highest BCUT2D eigenvalue weighted by Gasteiger charge is 2.10. The lowest BCUT2D eigenvalue weighted by Gasteiger charge is -2.14. The molecule has 3 nitrogen and oxygen atoms in total. The fraction of sp³-hybridized carbons (Fsp3) is 0.211. The molecule has 0 spiro atoms. The number of halogens is 1. The van der Waals surface area contributed by atoms with Crippen LogP contribution in [0.4, 0.5) is 0 Å². The Morgan fingerprint density at radius 1 is 1.17 bits per heavy atom. The van der Waals surface area contributed by atoms with Crippen LogP contribution in [0.3, 0.4) is 0 Å². The van der Waals surface area contributed by atoms with Crippen molar-refractivity contribution >= 4 is 22.9 Å². The lowest BCUT2D eigenvalue weighted by molar-refractivity contribution is 0.415. The van der Waals surface area contributed by atoms with Crippen molar-refractivity contribution in [1.29, 1.82) is 0 Å². The van der Waals surface area contributed by atoms with Crippen molar-refractivity contribution in [1.82, 2.24) is 10.3 Å². The van der Waals surface area contributed by atoms with E-state index in [9.17, 15) is 0 Å². The second kappa shape index (κ2) is 7.79. The molecule has 0 unspecified atom stereocenters. The first-order valence-electron chi connectivity index (χ1n) is 7.74. The third kappa shape index (κ3) is 3.96. The predicted molar refractivity (Wildman–Crippen MR) is 101 cm³/mol. The molecule has 5 heteroatoms. The first kappa shape index (κ1) is 17.0. The van der Waals surface area contributed by atoms with Gasteiger partial charge < -0.3 is 10.1 Å². The van der Waals surface area contributed by atoms with E-state index in [1.54, 1.807) is 18.4 Å². The summed E-state index contributed by atoms with van der Waals surface area (Å²) in [6.07, 6.45) is 0. The number of nitrogens with one attached hydrogen (secondary N) is 1. The van der Waals surface area contributed by atoms with Gasteiger partial charge in [-0.05, 0) is 42.8 Å². The molecule has 0 saturated heterocycles. The Kier molecular flexibility index (Phi) is 5.51. The van der Waals surface area contributed by atoms with Gasteiger partial charge in [-0.1, -0.05) is 29.8 Å². The molecule has 124 valence electrons. The Bertz CT molecular complexity index is 801. The first-order valence-corrected chi connectivity index (χ1v) is 9.00. The molecule has 1 heterocycles. The van der Waals surface area contributed by atoms with Crippen LogP contribution in [0.5, 0.6) is 5.75 Å². The zero-order valence-electron chi connectivity index (χ0n) is 13.6. The number of aromatic nitrogens is 1. The van der Waals surface area contributed by atoms with E-state index in [1.807, 2.05) is 48.5 Å². The second-order valence-electron chi connectivity index (χ2n) is 5.50. The zero-order valence-corrected chi connectivity index (χ0v) is 15.2. The Morgan fingerprint density at radius 2 is 1.92 bits per heavy atom. The van der Waals surface area contributed by atoms with E-state index in [0.717, 1.165) is 32.6 Å². The quantitative estimate of drug-likeness (QED) is 0.647. The van der Waals surface area contributed by atoms with Crippen LogP contribution in [0.2, 0.25) is 5.02 Å². The van der Waals surface area contributed by atoms with Gasteiger partial charge >= 0.3 is 0 Å². The van der Waals surface area contributed by atoms with Crippen LogP contribution >= 0.6 is 22.9 Å². The van der Waals surface area contributed by atoms with Crippen molar-refractivity contribution in [3.8, 4) is 16.3 Å². The van der Waals surface area contributed by atoms with Crippen LogP contribution in [-0.2, 0) is 6.54 Å². The van der Waals surface area contributed by atoms with Gasteiger partial charge in [0.1, 0.15) is 10.8 Å². The number of ether oxygens (including phenoxy) is 1. The number of methoxy groups -OCH3 is 1. The minimum absolute atomic E-state index is 0.171. The minimum atomic E-state index is 0.171. The largest absolute Gasteiger partial charge is 0.497 e. The van der Waals surface area contributed by atoms with E-state index in [4.69, 9.17) is 21.3 Å². The van der Waals surface area contributed by atoms with Crippen LogP contribution in [-0.4, -0.2) is 12.1 Å². The maximum atomic E-state index is 6.25. The Balaban J connectivity index is 1.64. The summed E-state index contributed by atoms with van der Waals surface area (Å²) in [5.41, 5.74) is 3.24. The Hall–Kier alpha value is -1.88. The van der Waals surface area contributed by atoms with Gasteiger partial charge in [0.2, 0.25) is 0 Å². The average molecular weight is 359 g/mol. The summed E-state index contributed by atoms with van der Waals surface area (Å²) in [4.78, 5) is 4.71. The molecule has 0 amide bonds. The van der Waals surface area contributed by atoms with Gasteiger partial charge in [0.05, 0.1) is 12.8 Å². The monoisotopic (exact) mass is 358 g/mol. The minimum Gasteiger partial charge on any atom is -0.497 e. The summed E-state index contributed by atoms with van der Waals surface area (Å²) in [5, 5.41) is 7.37. The number of hydrogen-bond donors (Lipinski definition) is 1. The molecular weight excluding hydrogens is 340 g/mol. The highest BCUT2D eigenvalue weighted by Crippen LogP contribution is 2.26. The van der Waals surface area contributed by atoms with Crippen LogP contribution in [0.15, 0.2) is 53.9 Å². The topological polar surface area (TPSA) is 34.1 Å². The van der Waals surface area contributed by atoms with Crippen molar-refractivity contribution in [2.24, 2.45) is 0 Å². The maximum absolute atomic E-state index is 6.25. The van der Waals surface area contributed by atoms with Gasteiger partial charge in [-0.15, -0.1) is 11.3 Å². The van der Waals surface area contributed by atoms with Gasteiger partial charge in [0.25, 0.3) is 0 Å². The Labute approximate surface area is 151 Å². The van der Waals surface area contributed by atoms with Crippen molar-refractivity contribution in [2.45, 2.75) is 19.5 Å². The number of nitrogens with zero attached hydrogens (tertiary/aromatic N) is 1. The van der Waals surface area contributed by atoms with Crippen LogP contribution in [0.25, 0.3) is 10.6 Å². The molecule has 0 aliphatic heterocycles. The van der Waals surface area contributed by atoms with Crippen LogP contribution in [0.1, 0.15) is 24.2 Å². The fourth-order valence-corrected chi connectivity index (χ4v) is 3.57. The molecule has 0 fully saturated rings. The predicted octanol–water partition coefficient (Wildman–Crippen LogP) is 5.32. The first-order chi connectivity index (χ1) is 11.7. The molecule has 0 aliphatic carbocycles. The van der Waals surface area contributed by atoms with Crippen LogP contribution < -0.4 is 10.1 Å².